The van der Waals surface area contributed by atoms with Gasteiger partial charge in [0.2, 0.25) is 0 Å². The first-order valence-corrected chi connectivity index (χ1v) is 5.06. The molecule has 0 heteroatoms. The average molecular weight is 150 g/mol. The van der Waals surface area contributed by atoms with Crippen LogP contribution in [0.4, 0.5) is 0 Å². The molecule has 11 heavy (non-hydrogen) atoms. The zero-order chi connectivity index (χ0) is 7.57. The Labute approximate surface area is 69.7 Å². The highest BCUT2D eigenvalue weighted by Crippen LogP contribution is 2.48. The minimum Gasteiger partial charge on any atom is -0.0885 e. The third kappa shape index (κ3) is 1.50. The van der Waals surface area contributed by atoms with E-state index in [1.165, 1.54) is 51.4 Å². The summed E-state index contributed by atoms with van der Waals surface area (Å²) in [6.45, 7) is 0. The van der Waals surface area contributed by atoms with Gasteiger partial charge in [0, 0.05) is 0 Å². The molecule has 1 spiro atoms. The second-order valence-electron chi connectivity index (χ2n) is 4.27. The van der Waals surface area contributed by atoms with Crippen LogP contribution in [0, 0.1) is 5.41 Å². The number of rotatable bonds is 0. The molecule has 0 radical (unpaired) electrons. The second kappa shape index (κ2) is 3.00. The van der Waals surface area contributed by atoms with Crippen molar-refractivity contribution >= 4 is 0 Å². The highest BCUT2D eigenvalue weighted by molar-refractivity contribution is 4.97. The van der Waals surface area contributed by atoms with Crippen LogP contribution in [0.2, 0.25) is 0 Å². The molecule has 0 unspecified atom stereocenters. The molecule has 0 aliphatic heterocycles. The Morgan fingerprint density at radius 3 is 2.36 bits per heavy atom. The van der Waals surface area contributed by atoms with Crippen LogP contribution in [-0.2, 0) is 0 Å². The fourth-order valence-electron chi connectivity index (χ4n) is 2.45. The maximum Gasteiger partial charge on any atom is -0.0263 e. The number of allylic oxidation sites excluding steroid dienone is 2. The summed E-state index contributed by atoms with van der Waals surface area (Å²) < 4.78 is 0. The average Bonchev–Trinajstić information content (AvgIpc) is 1.82. The van der Waals surface area contributed by atoms with Crippen molar-refractivity contribution in [3.63, 3.8) is 0 Å². The smallest absolute Gasteiger partial charge is 0.0263 e. The summed E-state index contributed by atoms with van der Waals surface area (Å²) in [5.41, 5.74) is 0.789. The van der Waals surface area contributed by atoms with Crippen molar-refractivity contribution in [2.75, 3.05) is 0 Å². The van der Waals surface area contributed by atoms with E-state index in [1.54, 1.807) is 0 Å². The number of hydrogen-bond donors (Lipinski definition) is 0. The van der Waals surface area contributed by atoms with E-state index >= 15 is 0 Å². The van der Waals surface area contributed by atoms with Crippen molar-refractivity contribution in [3.05, 3.63) is 12.2 Å². The van der Waals surface area contributed by atoms with Crippen LogP contribution in [0.15, 0.2) is 12.2 Å². The van der Waals surface area contributed by atoms with Gasteiger partial charge in [-0.3, -0.25) is 0 Å². The van der Waals surface area contributed by atoms with Crippen molar-refractivity contribution in [1.82, 2.24) is 0 Å². The van der Waals surface area contributed by atoms with Gasteiger partial charge in [0.05, 0.1) is 0 Å². The minimum atomic E-state index is 0.789. The quantitative estimate of drug-likeness (QED) is 0.462. The molecule has 0 atom stereocenters. The lowest BCUT2D eigenvalue weighted by molar-refractivity contribution is 0.117. The molecule has 2 rings (SSSR count). The molecule has 62 valence electrons. The van der Waals surface area contributed by atoms with Crippen LogP contribution in [0.3, 0.4) is 0 Å². The van der Waals surface area contributed by atoms with Gasteiger partial charge in [-0.25, -0.2) is 0 Å². The van der Waals surface area contributed by atoms with Gasteiger partial charge in [-0.1, -0.05) is 25.0 Å². The third-order valence-electron chi connectivity index (χ3n) is 3.46. The summed E-state index contributed by atoms with van der Waals surface area (Å²) in [5.74, 6) is 0. The molecule has 1 saturated carbocycles. The Balaban J connectivity index is 1.97. The van der Waals surface area contributed by atoms with Gasteiger partial charge in [-0.15, -0.1) is 0 Å². The van der Waals surface area contributed by atoms with Crippen molar-refractivity contribution in [1.29, 1.82) is 0 Å². The standard InChI is InChI=1S/C11H18/c1-2-4-7-11(8-5-3-1)9-6-10-11/h2,4H,1,3,5-10H2. The van der Waals surface area contributed by atoms with E-state index in [1.807, 2.05) is 0 Å². The summed E-state index contributed by atoms with van der Waals surface area (Å²) in [6, 6.07) is 0. The Morgan fingerprint density at radius 2 is 1.64 bits per heavy atom. The van der Waals surface area contributed by atoms with Crippen LogP contribution in [0.5, 0.6) is 0 Å². The summed E-state index contributed by atoms with van der Waals surface area (Å²) in [7, 11) is 0. The molecule has 2 aliphatic rings. The Bertz CT molecular complexity index is 151. The summed E-state index contributed by atoms with van der Waals surface area (Å²) in [4.78, 5) is 0. The largest absolute Gasteiger partial charge is 0.0885 e. The third-order valence-corrected chi connectivity index (χ3v) is 3.46. The normalized spacial score (nSPS) is 29.1. The Hall–Kier alpha value is -0.260. The molecule has 0 aromatic rings. The zero-order valence-corrected chi connectivity index (χ0v) is 7.31. The van der Waals surface area contributed by atoms with E-state index in [9.17, 15) is 0 Å². The molecule has 0 amide bonds. The van der Waals surface area contributed by atoms with Gasteiger partial charge < -0.3 is 0 Å². The van der Waals surface area contributed by atoms with Gasteiger partial charge in [-0.05, 0) is 43.9 Å². The molecule has 0 heterocycles. The molecule has 1 fully saturated rings. The molecule has 0 aromatic heterocycles. The fraction of sp³-hybridized carbons (Fsp3) is 0.818. The monoisotopic (exact) mass is 150 g/mol. The Morgan fingerprint density at radius 1 is 0.818 bits per heavy atom. The SMILES string of the molecule is C1=CCC2(CCCC1)CCC2. The van der Waals surface area contributed by atoms with Gasteiger partial charge in [0.25, 0.3) is 0 Å². The van der Waals surface area contributed by atoms with Crippen LogP contribution in [-0.4, -0.2) is 0 Å². The topological polar surface area (TPSA) is 0 Å². The maximum absolute atomic E-state index is 2.43. The summed E-state index contributed by atoms with van der Waals surface area (Å²) in [5, 5.41) is 0. The van der Waals surface area contributed by atoms with Gasteiger partial charge in [-0.2, -0.15) is 0 Å². The minimum absolute atomic E-state index is 0.789. The van der Waals surface area contributed by atoms with Crippen molar-refractivity contribution in [2.45, 2.75) is 51.4 Å². The van der Waals surface area contributed by atoms with E-state index < -0.39 is 0 Å². The molecule has 0 saturated heterocycles. The molecule has 0 bridgehead atoms. The van der Waals surface area contributed by atoms with E-state index in [0.29, 0.717) is 0 Å². The molecular formula is C11H18. The van der Waals surface area contributed by atoms with E-state index in [2.05, 4.69) is 12.2 Å². The van der Waals surface area contributed by atoms with Crippen LogP contribution < -0.4 is 0 Å². The first-order valence-electron chi connectivity index (χ1n) is 5.06. The van der Waals surface area contributed by atoms with Crippen LogP contribution in [0.25, 0.3) is 0 Å². The zero-order valence-electron chi connectivity index (χ0n) is 7.31. The first-order chi connectivity index (χ1) is 5.41. The summed E-state index contributed by atoms with van der Waals surface area (Å²) in [6.07, 6.45) is 16.5. The van der Waals surface area contributed by atoms with E-state index in [-0.39, 0.29) is 0 Å². The molecular weight excluding hydrogens is 132 g/mol. The highest BCUT2D eigenvalue weighted by atomic mass is 14.4. The van der Waals surface area contributed by atoms with Crippen molar-refractivity contribution < 1.29 is 0 Å². The van der Waals surface area contributed by atoms with Gasteiger partial charge in [0.1, 0.15) is 0 Å². The molecule has 0 aromatic carbocycles. The van der Waals surface area contributed by atoms with Crippen LogP contribution in [0.1, 0.15) is 51.4 Å². The van der Waals surface area contributed by atoms with Crippen molar-refractivity contribution in [3.8, 4) is 0 Å². The van der Waals surface area contributed by atoms with Crippen LogP contribution >= 0.6 is 0 Å². The molecule has 0 N–H and O–H groups in total. The second-order valence-corrected chi connectivity index (χ2v) is 4.27. The van der Waals surface area contributed by atoms with Crippen molar-refractivity contribution in [2.24, 2.45) is 5.41 Å². The van der Waals surface area contributed by atoms with E-state index in [0.717, 1.165) is 5.41 Å². The summed E-state index contributed by atoms with van der Waals surface area (Å²) >= 11 is 0. The first kappa shape index (κ1) is 7.39. The molecule has 0 nitrogen and oxygen atoms in total. The maximum atomic E-state index is 2.43. The fourth-order valence-corrected chi connectivity index (χ4v) is 2.45. The number of hydrogen-bond acceptors (Lipinski definition) is 0. The highest BCUT2D eigenvalue weighted by Gasteiger charge is 2.34. The molecule has 2 aliphatic carbocycles. The van der Waals surface area contributed by atoms with Gasteiger partial charge in [0.15, 0.2) is 0 Å². The lowest BCUT2D eigenvalue weighted by Crippen LogP contribution is -2.28. The predicted octanol–water partition coefficient (Wildman–Crippen LogP) is 3.68. The predicted molar refractivity (Wildman–Crippen MR) is 48.5 cm³/mol. The lowest BCUT2D eigenvalue weighted by atomic mass is 9.63. The van der Waals surface area contributed by atoms with Gasteiger partial charge >= 0.3 is 0 Å². The lowest BCUT2D eigenvalue weighted by Gasteiger charge is -2.42. The van der Waals surface area contributed by atoms with E-state index in [4.69, 9.17) is 0 Å². The Kier molecular flexibility index (Phi) is 2.02.